The van der Waals surface area contributed by atoms with Crippen LogP contribution in [0.15, 0.2) is 80.6 Å². The maximum Gasteiger partial charge on any atom is 0.333 e. The number of halogens is 5. The Hall–Kier alpha value is -3.11. The summed E-state index contributed by atoms with van der Waals surface area (Å²) >= 11 is 11.0. The van der Waals surface area contributed by atoms with E-state index in [0.29, 0.717) is 37.0 Å². The Kier molecular flexibility index (Phi) is 7.48. The summed E-state index contributed by atoms with van der Waals surface area (Å²) in [5.41, 5.74) is 1.68. The second-order valence-electron chi connectivity index (χ2n) is 9.11. The zero-order chi connectivity index (χ0) is 28.9. The average molecular weight is 685 g/mol. The van der Waals surface area contributed by atoms with Crippen molar-refractivity contribution in [2.24, 2.45) is 4.99 Å². The minimum Gasteiger partial charge on any atom is -0.326 e. The zero-order valence-electron chi connectivity index (χ0n) is 20.6. The van der Waals surface area contributed by atoms with Crippen molar-refractivity contribution in [2.75, 3.05) is 6.54 Å². The molecule has 0 bridgehead atoms. The zero-order valence-corrected chi connectivity index (χ0v) is 24.6. The molecule has 0 spiro atoms. The first-order chi connectivity index (χ1) is 19.6. The maximum absolute atomic E-state index is 14.0. The predicted molar refractivity (Wildman–Crippen MR) is 151 cm³/mol. The van der Waals surface area contributed by atoms with Crippen molar-refractivity contribution in [3.8, 4) is 0 Å². The third kappa shape index (κ3) is 5.44. The molecule has 1 saturated heterocycles. The highest BCUT2D eigenvalue weighted by Gasteiger charge is 2.42. The lowest BCUT2D eigenvalue weighted by molar-refractivity contribution is 0.0564. The van der Waals surface area contributed by atoms with Crippen LogP contribution in [0, 0.1) is 5.82 Å². The fourth-order valence-corrected chi connectivity index (χ4v) is 7.42. The van der Waals surface area contributed by atoms with E-state index in [4.69, 9.17) is 16.6 Å². The van der Waals surface area contributed by atoms with Gasteiger partial charge in [0.25, 0.3) is 10.0 Å². The Morgan fingerprint density at radius 1 is 1.20 bits per heavy atom. The van der Waals surface area contributed by atoms with Gasteiger partial charge in [-0.05, 0) is 46.3 Å². The monoisotopic (exact) mass is 683 g/mol. The molecule has 6 rings (SSSR count). The molecule has 1 aromatic carbocycles. The van der Waals surface area contributed by atoms with Gasteiger partial charge in [0.2, 0.25) is 0 Å². The van der Waals surface area contributed by atoms with Crippen molar-refractivity contribution in [1.82, 2.24) is 29.4 Å². The first-order valence-electron chi connectivity index (χ1n) is 12.0. The summed E-state index contributed by atoms with van der Waals surface area (Å²) < 4.78 is 71.1. The second kappa shape index (κ2) is 10.9. The molecule has 0 aliphatic carbocycles. The number of aliphatic imine (C=N–C) groups is 1. The quantitative estimate of drug-likeness (QED) is 0.253. The van der Waals surface area contributed by atoms with E-state index in [1.165, 1.54) is 35.6 Å². The molecular weight excluding hydrogens is 667 g/mol. The minimum absolute atomic E-state index is 0.0908. The number of hydrogen-bond acceptors (Lipinski definition) is 8. The summed E-state index contributed by atoms with van der Waals surface area (Å²) in [5.74, 6) is -0.104. The van der Waals surface area contributed by atoms with Gasteiger partial charge < -0.3 is 4.90 Å². The number of rotatable bonds is 7. The largest absolute Gasteiger partial charge is 0.333 e. The Bertz CT molecular complexity index is 1800. The molecule has 212 valence electrons. The van der Waals surface area contributed by atoms with Crippen LogP contribution in [-0.2, 0) is 10.0 Å². The fraction of sp³-hybridized carbons (Fsp3) is 0.200. The van der Waals surface area contributed by atoms with E-state index in [9.17, 15) is 21.6 Å². The van der Waals surface area contributed by atoms with Gasteiger partial charge in [0.15, 0.2) is 15.9 Å². The van der Waals surface area contributed by atoms with Gasteiger partial charge in [-0.25, -0.2) is 32.2 Å². The van der Waals surface area contributed by atoms with Crippen molar-refractivity contribution < 1.29 is 21.6 Å². The Morgan fingerprint density at radius 3 is 2.71 bits per heavy atom. The second-order valence-corrected chi connectivity index (χ2v) is 12.9. The van der Waals surface area contributed by atoms with Gasteiger partial charge >= 0.3 is 6.55 Å². The first-order valence-corrected chi connectivity index (χ1v) is 15.6. The Balaban J connectivity index is 1.49. The van der Waals surface area contributed by atoms with Gasteiger partial charge in [-0.2, -0.15) is 13.9 Å². The number of hydrogen-bond donors (Lipinski definition) is 1. The van der Waals surface area contributed by atoms with Crippen LogP contribution >= 0.6 is 38.9 Å². The van der Waals surface area contributed by atoms with E-state index in [-0.39, 0.29) is 28.7 Å². The number of sulfonamides is 1. The van der Waals surface area contributed by atoms with Crippen LogP contribution < -0.4 is 4.72 Å². The third-order valence-electron chi connectivity index (χ3n) is 6.51. The van der Waals surface area contributed by atoms with Crippen molar-refractivity contribution in [1.29, 1.82) is 0 Å². The van der Waals surface area contributed by atoms with E-state index in [2.05, 4.69) is 35.7 Å². The number of thiazole rings is 1. The van der Waals surface area contributed by atoms with E-state index in [1.807, 2.05) is 4.90 Å². The van der Waals surface area contributed by atoms with Crippen molar-refractivity contribution in [3.63, 3.8) is 0 Å². The molecule has 2 aliphatic heterocycles. The fourth-order valence-electron chi connectivity index (χ4n) is 4.85. The van der Waals surface area contributed by atoms with Gasteiger partial charge in [0.05, 0.1) is 5.69 Å². The molecule has 0 radical (unpaired) electrons. The van der Waals surface area contributed by atoms with Crippen LogP contribution in [0.3, 0.4) is 0 Å². The van der Waals surface area contributed by atoms with Crippen LogP contribution in [-0.4, -0.2) is 51.5 Å². The summed E-state index contributed by atoms with van der Waals surface area (Å²) in [7, 11) is -4.02. The lowest BCUT2D eigenvalue weighted by atomic mass is 9.92. The number of alkyl halides is 2. The van der Waals surface area contributed by atoms with Gasteiger partial charge in [0, 0.05) is 58.6 Å². The molecule has 5 heterocycles. The maximum atomic E-state index is 14.0. The minimum atomic E-state index is -4.02. The van der Waals surface area contributed by atoms with Crippen LogP contribution in [0.5, 0.6) is 0 Å². The van der Waals surface area contributed by atoms with Gasteiger partial charge in [-0.15, -0.1) is 11.3 Å². The molecule has 16 heteroatoms. The average Bonchev–Trinajstić information content (AvgIpc) is 3.69. The molecule has 0 unspecified atom stereocenters. The van der Waals surface area contributed by atoms with E-state index < -0.39 is 34.5 Å². The highest BCUT2D eigenvalue weighted by Crippen LogP contribution is 2.46. The summed E-state index contributed by atoms with van der Waals surface area (Å²) in [4.78, 5) is 15.2. The van der Waals surface area contributed by atoms with Gasteiger partial charge in [0.1, 0.15) is 16.5 Å². The van der Waals surface area contributed by atoms with E-state index in [1.54, 1.807) is 23.7 Å². The number of nitrogens with one attached hydrogen (secondary N) is 1. The molecule has 9 nitrogen and oxygen atoms in total. The van der Waals surface area contributed by atoms with Crippen LogP contribution in [0.25, 0.3) is 5.57 Å². The van der Waals surface area contributed by atoms with Crippen molar-refractivity contribution >= 4 is 60.3 Å². The third-order valence-corrected chi connectivity index (χ3v) is 9.47. The number of pyridine rings is 1. The topological polar surface area (TPSA) is 105 Å². The van der Waals surface area contributed by atoms with E-state index in [0.717, 1.165) is 12.3 Å². The summed E-state index contributed by atoms with van der Waals surface area (Å²) in [6.07, 6.45) is 2.93. The number of amidine groups is 1. The summed E-state index contributed by atoms with van der Waals surface area (Å²) in [6.45, 7) is -2.71. The number of benzene rings is 1. The van der Waals surface area contributed by atoms with Crippen LogP contribution in [0.1, 0.15) is 35.3 Å². The molecule has 41 heavy (non-hydrogen) atoms. The molecule has 0 amide bonds. The molecule has 1 fully saturated rings. The number of fused-ring (bicyclic) bond motifs is 1. The Morgan fingerprint density at radius 2 is 2.02 bits per heavy atom. The molecule has 0 saturated carbocycles. The molecule has 2 atom stereocenters. The highest BCUT2D eigenvalue weighted by atomic mass is 79.9. The van der Waals surface area contributed by atoms with Gasteiger partial charge in [-0.3, -0.25) is 4.99 Å². The van der Waals surface area contributed by atoms with Gasteiger partial charge in [-0.1, -0.05) is 23.7 Å². The SMILES string of the molecule is O=S(=O)(N[C@H]1CC2=C(c3ccn(C(F)F)n3)[C@H](c3ccc(F)cc3Cl)N=C(c3nccs3)N2C1)c1cccc(Br)n1. The number of nitrogens with zero attached hydrogens (tertiary/aromatic N) is 6. The standard InChI is InChI=1S/C25H18BrClF3N7O2S2/c26-19-2-1-3-20(32-19)41(38,39)35-14-11-18-21(17-6-8-37(34-17)25(29)30)22(15-5-4-13(28)10-16(15)27)33-23(36(18)12-14)24-31-7-9-40-24/h1-10,14,22,25,35H,11-12H2/t14-,22-/m0/s1. The van der Waals surface area contributed by atoms with Crippen molar-refractivity contribution in [2.45, 2.75) is 30.1 Å². The van der Waals surface area contributed by atoms with Crippen molar-refractivity contribution in [3.05, 3.63) is 97.6 Å². The summed E-state index contributed by atoms with van der Waals surface area (Å²) in [5, 5.41) is 6.35. The predicted octanol–water partition coefficient (Wildman–Crippen LogP) is 5.65. The highest BCUT2D eigenvalue weighted by molar-refractivity contribution is 9.10. The summed E-state index contributed by atoms with van der Waals surface area (Å²) in [6, 6.07) is 8.36. The molecule has 2 aliphatic rings. The molecular formula is C25H18BrClF3N7O2S2. The normalized spacial score (nSPS) is 19.2. The molecule has 3 aromatic heterocycles. The molecule has 1 N–H and O–H groups in total. The lowest BCUT2D eigenvalue weighted by Crippen LogP contribution is -2.39. The Labute approximate surface area is 249 Å². The smallest absolute Gasteiger partial charge is 0.326 e. The van der Waals surface area contributed by atoms with Crippen LogP contribution in [0.2, 0.25) is 5.02 Å². The van der Waals surface area contributed by atoms with Crippen LogP contribution in [0.4, 0.5) is 13.2 Å². The first kappa shape index (κ1) is 28.0. The van der Waals surface area contributed by atoms with E-state index >= 15 is 0 Å². The lowest BCUT2D eigenvalue weighted by Gasteiger charge is -2.32. The molecule has 4 aromatic rings. The number of aromatic nitrogens is 4.